The molecule has 0 spiro atoms. The Morgan fingerprint density at radius 2 is 2.64 bits per heavy atom. The summed E-state index contributed by atoms with van der Waals surface area (Å²) in [6, 6.07) is 0.135. The summed E-state index contributed by atoms with van der Waals surface area (Å²) in [6.45, 7) is 2.16. The second-order valence-corrected chi connectivity index (χ2v) is 2.51. The summed E-state index contributed by atoms with van der Waals surface area (Å²) in [4.78, 5) is 10.8. The lowest BCUT2D eigenvalue weighted by Crippen LogP contribution is -2.42. The fraction of sp³-hybridized carbons (Fsp3) is 0.857. The molecule has 0 amide bonds. The van der Waals surface area contributed by atoms with E-state index in [2.05, 4.69) is 10.1 Å². The first kappa shape index (κ1) is 8.49. The van der Waals surface area contributed by atoms with Gasteiger partial charge in [0.1, 0.15) is 0 Å². The highest BCUT2D eigenvalue weighted by molar-refractivity contribution is 5.69. The average molecular weight is 159 g/mol. The van der Waals surface area contributed by atoms with Gasteiger partial charge >= 0.3 is 5.97 Å². The highest BCUT2D eigenvalue weighted by Gasteiger charge is 2.16. The molecule has 0 saturated carbocycles. The zero-order valence-corrected chi connectivity index (χ0v) is 6.63. The van der Waals surface area contributed by atoms with Crippen LogP contribution in [0.25, 0.3) is 0 Å². The van der Waals surface area contributed by atoms with Crippen LogP contribution >= 0.6 is 0 Å². The van der Waals surface area contributed by atoms with Crippen molar-refractivity contribution < 1.29 is 14.3 Å². The van der Waals surface area contributed by atoms with E-state index in [1.54, 1.807) is 0 Å². The van der Waals surface area contributed by atoms with E-state index >= 15 is 0 Å². The zero-order chi connectivity index (χ0) is 8.10. The van der Waals surface area contributed by atoms with Gasteiger partial charge in [-0.1, -0.05) is 0 Å². The minimum absolute atomic E-state index is 0.135. The second-order valence-electron chi connectivity index (χ2n) is 2.51. The minimum atomic E-state index is -0.187. The first-order valence-corrected chi connectivity index (χ1v) is 3.71. The molecule has 1 heterocycles. The van der Waals surface area contributed by atoms with Crippen LogP contribution in [0.4, 0.5) is 0 Å². The number of esters is 1. The molecule has 0 bridgehead atoms. The van der Waals surface area contributed by atoms with E-state index in [1.165, 1.54) is 7.11 Å². The maximum Gasteiger partial charge on any atom is 0.307 e. The number of morpholine rings is 1. The molecular weight excluding hydrogens is 146 g/mol. The topological polar surface area (TPSA) is 47.6 Å². The fourth-order valence-corrected chi connectivity index (χ4v) is 1.04. The summed E-state index contributed by atoms with van der Waals surface area (Å²) in [6.07, 6.45) is 0.399. The molecule has 1 rings (SSSR count). The Labute approximate surface area is 65.9 Å². The normalized spacial score (nSPS) is 24.6. The maximum absolute atomic E-state index is 10.8. The summed E-state index contributed by atoms with van der Waals surface area (Å²) in [7, 11) is 1.39. The molecule has 4 nitrogen and oxygen atoms in total. The van der Waals surface area contributed by atoms with Crippen molar-refractivity contribution in [1.82, 2.24) is 5.32 Å². The number of hydrogen-bond acceptors (Lipinski definition) is 4. The van der Waals surface area contributed by atoms with Crippen LogP contribution < -0.4 is 5.32 Å². The van der Waals surface area contributed by atoms with E-state index < -0.39 is 0 Å². The van der Waals surface area contributed by atoms with Gasteiger partial charge in [0.05, 0.1) is 26.7 Å². The highest BCUT2D eigenvalue weighted by atomic mass is 16.5. The van der Waals surface area contributed by atoms with Gasteiger partial charge in [0, 0.05) is 12.6 Å². The summed E-state index contributed by atoms with van der Waals surface area (Å²) in [5.74, 6) is -0.187. The van der Waals surface area contributed by atoms with E-state index in [1.807, 2.05) is 0 Å². The van der Waals surface area contributed by atoms with Crippen LogP contribution in [0.2, 0.25) is 0 Å². The lowest BCUT2D eigenvalue weighted by Gasteiger charge is -2.22. The molecule has 0 aromatic rings. The lowest BCUT2D eigenvalue weighted by atomic mass is 10.2. The Hall–Kier alpha value is -0.610. The van der Waals surface area contributed by atoms with Gasteiger partial charge in [-0.15, -0.1) is 0 Å². The van der Waals surface area contributed by atoms with Crippen molar-refractivity contribution in [3.05, 3.63) is 0 Å². The molecule has 0 unspecified atom stereocenters. The van der Waals surface area contributed by atoms with Gasteiger partial charge in [0.2, 0.25) is 0 Å². The fourth-order valence-electron chi connectivity index (χ4n) is 1.04. The Morgan fingerprint density at radius 1 is 1.82 bits per heavy atom. The van der Waals surface area contributed by atoms with E-state index in [0.717, 1.165) is 13.2 Å². The Kier molecular flexibility index (Phi) is 3.32. The van der Waals surface area contributed by atoms with E-state index in [4.69, 9.17) is 4.74 Å². The molecule has 1 fully saturated rings. The van der Waals surface area contributed by atoms with E-state index in [-0.39, 0.29) is 12.0 Å². The van der Waals surface area contributed by atoms with Gasteiger partial charge in [0.15, 0.2) is 0 Å². The quantitative estimate of drug-likeness (QED) is 0.554. The number of ether oxygens (including phenoxy) is 2. The van der Waals surface area contributed by atoms with Gasteiger partial charge in [0.25, 0.3) is 0 Å². The number of rotatable bonds is 2. The Balaban J connectivity index is 2.19. The standard InChI is InChI=1S/C7H13NO3/c1-10-7(9)4-6-5-11-3-2-8-6/h6,8H,2-5H2,1H3/t6-/m1/s1. The van der Waals surface area contributed by atoms with Crippen molar-refractivity contribution in [3.63, 3.8) is 0 Å². The number of hydrogen-bond donors (Lipinski definition) is 1. The van der Waals surface area contributed by atoms with Crippen molar-refractivity contribution in [2.24, 2.45) is 0 Å². The summed E-state index contributed by atoms with van der Waals surface area (Å²) >= 11 is 0. The van der Waals surface area contributed by atoms with Crippen molar-refractivity contribution in [2.75, 3.05) is 26.9 Å². The number of methoxy groups -OCH3 is 1. The smallest absolute Gasteiger partial charge is 0.307 e. The monoisotopic (exact) mass is 159 g/mol. The van der Waals surface area contributed by atoms with Crippen molar-refractivity contribution in [1.29, 1.82) is 0 Å². The third kappa shape index (κ3) is 2.86. The molecule has 1 aliphatic heterocycles. The van der Waals surface area contributed by atoms with Crippen LogP contribution in [-0.4, -0.2) is 38.9 Å². The maximum atomic E-state index is 10.8. The van der Waals surface area contributed by atoms with Crippen LogP contribution in [0.15, 0.2) is 0 Å². The minimum Gasteiger partial charge on any atom is -0.469 e. The SMILES string of the molecule is COC(=O)C[C@@H]1COCCN1. The molecule has 0 aromatic carbocycles. The third-order valence-electron chi connectivity index (χ3n) is 1.64. The first-order chi connectivity index (χ1) is 5.33. The molecular formula is C7H13NO3. The van der Waals surface area contributed by atoms with Gasteiger partial charge in [-0.2, -0.15) is 0 Å². The van der Waals surface area contributed by atoms with Crippen molar-refractivity contribution >= 4 is 5.97 Å². The molecule has 64 valence electrons. The predicted octanol–water partition coefficient (Wildman–Crippen LogP) is -0.462. The van der Waals surface area contributed by atoms with Crippen molar-refractivity contribution in [2.45, 2.75) is 12.5 Å². The van der Waals surface area contributed by atoms with Gasteiger partial charge < -0.3 is 14.8 Å². The Morgan fingerprint density at radius 3 is 3.18 bits per heavy atom. The molecule has 0 aromatic heterocycles. The second kappa shape index (κ2) is 4.31. The summed E-state index contributed by atoms with van der Waals surface area (Å²) in [5.41, 5.74) is 0. The molecule has 11 heavy (non-hydrogen) atoms. The predicted molar refractivity (Wildman–Crippen MR) is 39.2 cm³/mol. The van der Waals surface area contributed by atoms with Crippen LogP contribution in [0.1, 0.15) is 6.42 Å². The van der Waals surface area contributed by atoms with Crippen molar-refractivity contribution in [3.8, 4) is 0 Å². The molecule has 0 radical (unpaired) electrons. The largest absolute Gasteiger partial charge is 0.469 e. The number of carbonyl (C=O) groups is 1. The molecule has 0 aliphatic carbocycles. The molecule has 4 heteroatoms. The number of nitrogens with one attached hydrogen (secondary N) is 1. The molecule has 1 aliphatic rings. The molecule has 1 N–H and O–H groups in total. The average Bonchev–Trinajstić information content (AvgIpc) is 2.06. The zero-order valence-electron chi connectivity index (χ0n) is 6.63. The van der Waals surface area contributed by atoms with Crippen LogP contribution in [0.5, 0.6) is 0 Å². The van der Waals surface area contributed by atoms with Crippen LogP contribution in [0, 0.1) is 0 Å². The first-order valence-electron chi connectivity index (χ1n) is 3.71. The number of carbonyl (C=O) groups excluding carboxylic acids is 1. The lowest BCUT2D eigenvalue weighted by molar-refractivity contribution is -0.141. The van der Waals surface area contributed by atoms with Gasteiger partial charge in [-0.05, 0) is 0 Å². The van der Waals surface area contributed by atoms with Crippen LogP contribution in [0.3, 0.4) is 0 Å². The highest BCUT2D eigenvalue weighted by Crippen LogP contribution is 1.98. The summed E-state index contributed by atoms with van der Waals surface area (Å²) in [5, 5.41) is 3.16. The Bertz CT molecular complexity index is 132. The van der Waals surface area contributed by atoms with Gasteiger partial charge in [-0.25, -0.2) is 0 Å². The van der Waals surface area contributed by atoms with E-state index in [0.29, 0.717) is 13.0 Å². The molecule has 1 atom stereocenters. The molecule has 1 saturated heterocycles. The van der Waals surface area contributed by atoms with Crippen LogP contribution in [-0.2, 0) is 14.3 Å². The third-order valence-corrected chi connectivity index (χ3v) is 1.64. The summed E-state index contributed by atoms with van der Waals surface area (Å²) < 4.78 is 9.68. The van der Waals surface area contributed by atoms with Gasteiger partial charge in [-0.3, -0.25) is 4.79 Å². The van der Waals surface area contributed by atoms with E-state index in [9.17, 15) is 4.79 Å².